The average Bonchev–Trinajstić information content (AvgIpc) is 2.18. The molecular formula is C10H12N2O2. The summed E-state index contributed by atoms with van der Waals surface area (Å²) >= 11 is 0. The van der Waals surface area contributed by atoms with Gasteiger partial charge in [0.25, 0.3) is 0 Å². The molecule has 0 unspecified atom stereocenters. The highest BCUT2D eigenvalue weighted by Gasteiger charge is 2.02. The van der Waals surface area contributed by atoms with Crippen LogP contribution < -0.4 is 5.73 Å². The summed E-state index contributed by atoms with van der Waals surface area (Å²) in [7, 11) is 0. The molecule has 0 aromatic heterocycles. The van der Waals surface area contributed by atoms with Crippen molar-refractivity contribution in [2.24, 2.45) is 5.73 Å². The Morgan fingerprint density at radius 2 is 1.93 bits per heavy atom. The van der Waals surface area contributed by atoms with Gasteiger partial charge >= 0.3 is 0 Å². The number of nitrogens with one attached hydrogen (secondary N) is 1. The number of amidine groups is 1. The van der Waals surface area contributed by atoms with Gasteiger partial charge in [0.05, 0.1) is 0 Å². The van der Waals surface area contributed by atoms with E-state index in [0.717, 1.165) is 5.56 Å². The van der Waals surface area contributed by atoms with Crippen LogP contribution in [0.4, 0.5) is 0 Å². The van der Waals surface area contributed by atoms with Crippen LogP contribution in [0.5, 0.6) is 0 Å². The third-order valence-electron chi connectivity index (χ3n) is 1.84. The number of nitrogens with two attached hydrogens (primary N) is 1. The summed E-state index contributed by atoms with van der Waals surface area (Å²) in [6.45, 7) is -0.436. The molecule has 1 aromatic carbocycles. The van der Waals surface area contributed by atoms with Gasteiger partial charge in [0, 0.05) is 12.0 Å². The van der Waals surface area contributed by atoms with Gasteiger partial charge in [-0.15, -0.1) is 0 Å². The van der Waals surface area contributed by atoms with Crippen LogP contribution in [0.15, 0.2) is 24.3 Å². The van der Waals surface area contributed by atoms with E-state index in [1.54, 1.807) is 24.3 Å². The second-order valence-electron chi connectivity index (χ2n) is 2.98. The van der Waals surface area contributed by atoms with Crippen molar-refractivity contribution >= 4 is 11.6 Å². The quantitative estimate of drug-likeness (QED) is 0.466. The number of Topliss-reactive ketones (excluding diaryl/α,β-unsaturated/α-hetero) is 1. The number of rotatable bonds is 4. The molecule has 0 saturated carbocycles. The second-order valence-corrected chi connectivity index (χ2v) is 2.98. The van der Waals surface area contributed by atoms with Crippen LogP contribution in [0.3, 0.4) is 0 Å². The van der Waals surface area contributed by atoms with Crippen molar-refractivity contribution in [1.29, 1.82) is 5.41 Å². The maximum Gasteiger partial charge on any atom is 0.162 e. The molecule has 4 N–H and O–H groups in total. The highest BCUT2D eigenvalue weighted by Crippen LogP contribution is 2.04. The molecule has 0 heterocycles. The third-order valence-corrected chi connectivity index (χ3v) is 1.84. The molecule has 0 amide bonds. The number of hydrogen-bond donors (Lipinski definition) is 3. The molecule has 0 atom stereocenters. The molecule has 1 aromatic rings. The number of carbonyl (C=O) groups is 1. The lowest BCUT2D eigenvalue weighted by atomic mass is 10.1. The Balaban J connectivity index is 2.73. The number of benzene rings is 1. The van der Waals surface area contributed by atoms with Gasteiger partial charge in [0.1, 0.15) is 12.4 Å². The Kier molecular flexibility index (Phi) is 3.36. The van der Waals surface area contributed by atoms with Crippen LogP contribution in [-0.2, 0) is 11.2 Å². The number of nitrogen functional groups attached to an aromatic ring is 1. The van der Waals surface area contributed by atoms with Gasteiger partial charge in [-0.2, -0.15) is 0 Å². The molecule has 0 spiro atoms. The SMILES string of the molecule is N=C(N)c1ccc(CC(=O)CO)cc1. The molecule has 0 radical (unpaired) electrons. The lowest BCUT2D eigenvalue weighted by molar-refractivity contribution is -0.121. The molecule has 1 rings (SSSR count). The summed E-state index contributed by atoms with van der Waals surface area (Å²) < 4.78 is 0. The molecule has 0 aliphatic carbocycles. The average molecular weight is 192 g/mol. The van der Waals surface area contributed by atoms with Gasteiger partial charge in [-0.1, -0.05) is 24.3 Å². The first kappa shape index (κ1) is 10.4. The molecule has 0 aliphatic heterocycles. The van der Waals surface area contributed by atoms with Gasteiger partial charge < -0.3 is 10.8 Å². The first-order valence-electron chi connectivity index (χ1n) is 4.19. The van der Waals surface area contributed by atoms with E-state index in [4.69, 9.17) is 16.2 Å². The number of aliphatic hydroxyl groups excluding tert-OH is 1. The van der Waals surface area contributed by atoms with Gasteiger partial charge in [0.15, 0.2) is 5.78 Å². The fourth-order valence-corrected chi connectivity index (χ4v) is 1.09. The van der Waals surface area contributed by atoms with Crippen molar-refractivity contribution in [2.45, 2.75) is 6.42 Å². The van der Waals surface area contributed by atoms with E-state index in [2.05, 4.69) is 0 Å². The van der Waals surface area contributed by atoms with Crippen LogP contribution in [0, 0.1) is 5.41 Å². The van der Waals surface area contributed by atoms with Crippen LogP contribution in [0.25, 0.3) is 0 Å². The summed E-state index contributed by atoms with van der Waals surface area (Å²) in [4.78, 5) is 10.9. The molecule has 74 valence electrons. The fourth-order valence-electron chi connectivity index (χ4n) is 1.09. The van der Waals surface area contributed by atoms with E-state index in [0.29, 0.717) is 5.56 Å². The predicted molar refractivity (Wildman–Crippen MR) is 53.3 cm³/mol. The molecule has 0 aliphatic rings. The monoisotopic (exact) mass is 192 g/mol. The van der Waals surface area contributed by atoms with Crippen LogP contribution >= 0.6 is 0 Å². The van der Waals surface area contributed by atoms with Crippen LogP contribution in [0.1, 0.15) is 11.1 Å². The van der Waals surface area contributed by atoms with Crippen molar-refractivity contribution in [3.8, 4) is 0 Å². The van der Waals surface area contributed by atoms with Gasteiger partial charge in [-0.3, -0.25) is 10.2 Å². The second kappa shape index (κ2) is 4.53. The Morgan fingerprint density at radius 3 is 2.36 bits per heavy atom. The van der Waals surface area contributed by atoms with Crippen molar-refractivity contribution in [2.75, 3.05) is 6.61 Å². The van der Waals surface area contributed by atoms with E-state index in [1.807, 2.05) is 0 Å². The first-order chi connectivity index (χ1) is 6.63. The molecule has 4 nitrogen and oxygen atoms in total. The van der Waals surface area contributed by atoms with Crippen LogP contribution in [-0.4, -0.2) is 23.3 Å². The van der Waals surface area contributed by atoms with Crippen LogP contribution in [0.2, 0.25) is 0 Å². The maximum atomic E-state index is 10.9. The number of ketones is 1. The topological polar surface area (TPSA) is 87.2 Å². The van der Waals surface area contributed by atoms with E-state index in [1.165, 1.54) is 0 Å². The maximum absolute atomic E-state index is 10.9. The Labute approximate surface area is 81.9 Å². The zero-order chi connectivity index (χ0) is 10.6. The number of hydrogen-bond acceptors (Lipinski definition) is 3. The van der Waals surface area contributed by atoms with Gasteiger partial charge in [-0.05, 0) is 5.56 Å². The van der Waals surface area contributed by atoms with Gasteiger partial charge in [-0.25, -0.2) is 0 Å². The van der Waals surface area contributed by atoms with E-state index >= 15 is 0 Å². The summed E-state index contributed by atoms with van der Waals surface area (Å²) in [6.07, 6.45) is 0.217. The normalized spacial score (nSPS) is 9.79. The Bertz CT molecular complexity index is 344. The molecule has 0 bridgehead atoms. The lowest BCUT2D eigenvalue weighted by Gasteiger charge is -2.01. The first-order valence-corrected chi connectivity index (χ1v) is 4.19. The summed E-state index contributed by atoms with van der Waals surface area (Å²) in [6, 6.07) is 6.82. The highest BCUT2D eigenvalue weighted by atomic mass is 16.3. The molecular weight excluding hydrogens is 180 g/mol. The molecule has 0 saturated heterocycles. The smallest absolute Gasteiger partial charge is 0.162 e. The minimum Gasteiger partial charge on any atom is -0.389 e. The van der Waals surface area contributed by atoms with Crippen molar-refractivity contribution in [1.82, 2.24) is 0 Å². The predicted octanol–water partition coefficient (Wildman–Crippen LogP) is 0.0746. The number of aliphatic hydroxyl groups is 1. The summed E-state index contributed by atoms with van der Waals surface area (Å²) in [5.74, 6) is -0.217. The largest absolute Gasteiger partial charge is 0.389 e. The minimum atomic E-state index is -0.436. The fraction of sp³-hybridized carbons (Fsp3) is 0.200. The zero-order valence-corrected chi connectivity index (χ0v) is 7.66. The summed E-state index contributed by atoms with van der Waals surface area (Å²) in [5.41, 5.74) is 6.71. The number of carbonyl (C=O) groups excluding carboxylic acids is 1. The van der Waals surface area contributed by atoms with Gasteiger partial charge in [0.2, 0.25) is 0 Å². The van der Waals surface area contributed by atoms with E-state index in [-0.39, 0.29) is 18.0 Å². The molecule has 14 heavy (non-hydrogen) atoms. The zero-order valence-electron chi connectivity index (χ0n) is 7.66. The van der Waals surface area contributed by atoms with Crippen molar-refractivity contribution in [3.63, 3.8) is 0 Å². The third kappa shape index (κ3) is 2.67. The Morgan fingerprint density at radius 1 is 1.36 bits per heavy atom. The Hall–Kier alpha value is -1.68. The minimum absolute atomic E-state index is 0.00466. The van der Waals surface area contributed by atoms with Crippen molar-refractivity contribution in [3.05, 3.63) is 35.4 Å². The summed E-state index contributed by atoms with van der Waals surface area (Å²) in [5, 5.41) is 15.7. The molecule has 0 fully saturated rings. The molecule has 4 heteroatoms. The standard InChI is InChI=1S/C10H12N2O2/c11-10(12)8-3-1-7(2-4-8)5-9(14)6-13/h1-4,13H,5-6H2,(H3,11,12). The van der Waals surface area contributed by atoms with E-state index < -0.39 is 6.61 Å². The lowest BCUT2D eigenvalue weighted by Crippen LogP contribution is -2.11. The van der Waals surface area contributed by atoms with E-state index in [9.17, 15) is 4.79 Å². The highest BCUT2D eigenvalue weighted by molar-refractivity contribution is 5.95. The van der Waals surface area contributed by atoms with Crippen molar-refractivity contribution < 1.29 is 9.90 Å².